The highest BCUT2D eigenvalue weighted by Gasteiger charge is 2.42. The molecule has 3 heterocycles. The summed E-state index contributed by atoms with van der Waals surface area (Å²) in [4.78, 5) is 4.11. The molecule has 0 bridgehead atoms. The van der Waals surface area contributed by atoms with Crippen LogP contribution in [0, 0.1) is 0 Å². The summed E-state index contributed by atoms with van der Waals surface area (Å²) in [5.74, 6) is -0.403. The molecular formula is C13H17BrN2O3. The van der Waals surface area contributed by atoms with Gasteiger partial charge in [0.15, 0.2) is 5.79 Å². The molecule has 2 aliphatic rings. The average Bonchev–Trinajstić information content (AvgIpc) is 2.80. The Hall–Kier alpha value is -0.690. The maximum Gasteiger partial charge on any atom is 0.173 e. The van der Waals surface area contributed by atoms with E-state index >= 15 is 0 Å². The second-order valence-corrected chi connectivity index (χ2v) is 5.76. The van der Waals surface area contributed by atoms with Crippen molar-refractivity contribution in [2.24, 2.45) is 0 Å². The van der Waals surface area contributed by atoms with Crippen molar-refractivity contribution >= 4 is 21.6 Å². The molecule has 0 aliphatic carbocycles. The number of nitrogens with one attached hydrogen (secondary N) is 1. The summed E-state index contributed by atoms with van der Waals surface area (Å²) in [6, 6.07) is 1.99. The molecule has 1 aromatic rings. The van der Waals surface area contributed by atoms with Gasteiger partial charge in [0, 0.05) is 30.1 Å². The maximum absolute atomic E-state index is 6.04. The van der Waals surface area contributed by atoms with E-state index < -0.39 is 5.79 Å². The molecule has 1 atom stereocenters. The number of pyridine rings is 1. The van der Waals surface area contributed by atoms with E-state index in [0.29, 0.717) is 6.61 Å². The lowest BCUT2D eigenvalue weighted by Crippen LogP contribution is -2.38. The highest BCUT2D eigenvalue weighted by molar-refractivity contribution is 9.10. The van der Waals surface area contributed by atoms with Gasteiger partial charge in [0.05, 0.1) is 31.7 Å². The van der Waals surface area contributed by atoms with E-state index in [1.165, 1.54) is 0 Å². The molecule has 6 heteroatoms. The molecule has 0 unspecified atom stereocenters. The molecule has 3 rings (SSSR count). The second kappa shape index (κ2) is 5.75. The van der Waals surface area contributed by atoms with Crippen LogP contribution in [0.15, 0.2) is 22.9 Å². The van der Waals surface area contributed by atoms with Gasteiger partial charge in [-0.05, 0) is 22.0 Å². The van der Waals surface area contributed by atoms with Crippen LogP contribution in [0.4, 0.5) is 5.69 Å². The normalized spacial score (nSPS) is 25.6. The SMILES string of the molecule is Brc1cncc(NC[C@@H]2COC3(CCOCC3)O2)c1. The first-order chi connectivity index (χ1) is 9.26. The van der Waals surface area contributed by atoms with Crippen molar-refractivity contribution in [1.82, 2.24) is 4.98 Å². The first kappa shape index (κ1) is 13.3. The first-order valence-electron chi connectivity index (χ1n) is 6.50. The predicted molar refractivity (Wildman–Crippen MR) is 74.0 cm³/mol. The lowest BCUT2D eigenvalue weighted by Gasteiger charge is -2.31. The van der Waals surface area contributed by atoms with Crippen LogP contribution < -0.4 is 5.32 Å². The van der Waals surface area contributed by atoms with E-state index in [4.69, 9.17) is 14.2 Å². The Morgan fingerprint density at radius 2 is 2.21 bits per heavy atom. The van der Waals surface area contributed by atoms with Gasteiger partial charge in [0.2, 0.25) is 0 Å². The van der Waals surface area contributed by atoms with Gasteiger partial charge in [0.1, 0.15) is 6.10 Å². The van der Waals surface area contributed by atoms with Crippen LogP contribution in [0.25, 0.3) is 0 Å². The van der Waals surface area contributed by atoms with Crippen LogP contribution >= 0.6 is 15.9 Å². The number of rotatable bonds is 3. The summed E-state index contributed by atoms with van der Waals surface area (Å²) in [5.41, 5.74) is 0.978. The third-order valence-electron chi connectivity index (χ3n) is 3.41. The summed E-state index contributed by atoms with van der Waals surface area (Å²) in [7, 11) is 0. The fraction of sp³-hybridized carbons (Fsp3) is 0.615. The van der Waals surface area contributed by atoms with Crippen molar-refractivity contribution in [3.8, 4) is 0 Å². The number of hydrogen-bond acceptors (Lipinski definition) is 5. The summed E-state index contributed by atoms with van der Waals surface area (Å²) in [6.07, 6.45) is 5.28. The molecule has 2 fully saturated rings. The number of aromatic nitrogens is 1. The predicted octanol–water partition coefficient (Wildman–Crippen LogP) is 2.18. The third-order valence-corrected chi connectivity index (χ3v) is 3.84. The van der Waals surface area contributed by atoms with E-state index in [1.807, 2.05) is 6.07 Å². The van der Waals surface area contributed by atoms with Crippen molar-refractivity contribution < 1.29 is 14.2 Å². The molecule has 2 aliphatic heterocycles. The zero-order chi connectivity index (χ0) is 13.1. The van der Waals surface area contributed by atoms with E-state index in [-0.39, 0.29) is 6.10 Å². The minimum atomic E-state index is -0.403. The molecule has 1 spiro atoms. The quantitative estimate of drug-likeness (QED) is 0.921. The van der Waals surface area contributed by atoms with E-state index in [0.717, 1.165) is 42.8 Å². The molecule has 0 amide bonds. The molecule has 0 saturated carbocycles. The van der Waals surface area contributed by atoms with Gasteiger partial charge in [-0.3, -0.25) is 4.98 Å². The van der Waals surface area contributed by atoms with Gasteiger partial charge in [-0.15, -0.1) is 0 Å². The van der Waals surface area contributed by atoms with E-state index in [2.05, 4.69) is 26.2 Å². The number of nitrogens with zero attached hydrogens (tertiary/aromatic N) is 1. The summed E-state index contributed by atoms with van der Waals surface area (Å²) in [5, 5.41) is 3.32. The van der Waals surface area contributed by atoms with Crippen LogP contribution in [-0.4, -0.2) is 43.2 Å². The van der Waals surface area contributed by atoms with Gasteiger partial charge in [-0.1, -0.05) is 0 Å². The summed E-state index contributed by atoms with van der Waals surface area (Å²) >= 11 is 3.40. The van der Waals surface area contributed by atoms with Crippen LogP contribution in [-0.2, 0) is 14.2 Å². The van der Waals surface area contributed by atoms with Crippen molar-refractivity contribution in [3.63, 3.8) is 0 Å². The number of hydrogen-bond donors (Lipinski definition) is 1. The topological polar surface area (TPSA) is 52.6 Å². The molecule has 0 aromatic carbocycles. The Morgan fingerprint density at radius 1 is 1.37 bits per heavy atom. The Balaban J connectivity index is 1.52. The second-order valence-electron chi connectivity index (χ2n) is 4.85. The average molecular weight is 329 g/mol. The van der Waals surface area contributed by atoms with Crippen LogP contribution in [0.5, 0.6) is 0 Å². The largest absolute Gasteiger partial charge is 0.381 e. The summed E-state index contributed by atoms with van der Waals surface area (Å²) in [6.45, 7) is 2.79. The smallest absolute Gasteiger partial charge is 0.173 e. The highest BCUT2D eigenvalue weighted by Crippen LogP contribution is 2.33. The van der Waals surface area contributed by atoms with Crippen molar-refractivity contribution in [1.29, 1.82) is 0 Å². The molecule has 5 nitrogen and oxygen atoms in total. The molecule has 0 radical (unpaired) electrons. The van der Waals surface area contributed by atoms with Gasteiger partial charge >= 0.3 is 0 Å². The third kappa shape index (κ3) is 3.25. The van der Waals surface area contributed by atoms with E-state index in [1.54, 1.807) is 12.4 Å². The highest BCUT2D eigenvalue weighted by atomic mass is 79.9. The van der Waals surface area contributed by atoms with Gasteiger partial charge in [-0.25, -0.2) is 0 Å². The Morgan fingerprint density at radius 3 is 3.00 bits per heavy atom. The molecule has 1 N–H and O–H groups in total. The minimum absolute atomic E-state index is 0.0806. The molecule has 2 saturated heterocycles. The van der Waals surface area contributed by atoms with Gasteiger partial charge in [0.25, 0.3) is 0 Å². The van der Waals surface area contributed by atoms with Crippen molar-refractivity contribution in [2.75, 3.05) is 31.7 Å². The van der Waals surface area contributed by atoms with Crippen molar-refractivity contribution in [2.45, 2.75) is 24.7 Å². The Bertz CT molecular complexity index is 438. The standard InChI is InChI=1S/C13H17BrN2O3/c14-10-5-11(7-15-6-10)16-8-12-9-18-13(19-12)1-3-17-4-2-13/h5-7,12,16H,1-4,8-9H2/t12-/m1/s1. The Kier molecular flexibility index (Phi) is 4.02. The molecule has 104 valence electrons. The van der Waals surface area contributed by atoms with E-state index in [9.17, 15) is 0 Å². The Labute approximate surface area is 120 Å². The zero-order valence-electron chi connectivity index (χ0n) is 10.6. The number of anilines is 1. The van der Waals surface area contributed by atoms with Crippen molar-refractivity contribution in [3.05, 3.63) is 22.9 Å². The van der Waals surface area contributed by atoms with Crippen LogP contribution in [0.2, 0.25) is 0 Å². The zero-order valence-corrected chi connectivity index (χ0v) is 12.2. The summed E-state index contributed by atoms with van der Waals surface area (Å²) < 4.78 is 18.2. The van der Waals surface area contributed by atoms with Gasteiger partial charge < -0.3 is 19.5 Å². The lowest BCUT2D eigenvalue weighted by atomic mass is 10.1. The fourth-order valence-corrected chi connectivity index (χ4v) is 2.77. The molecule has 19 heavy (non-hydrogen) atoms. The van der Waals surface area contributed by atoms with Gasteiger partial charge in [-0.2, -0.15) is 0 Å². The number of halogens is 1. The molecule has 1 aromatic heterocycles. The molecular weight excluding hydrogens is 312 g/mol. The minimum Gasteiger partial charge on any atom is -0.381 e. The number of ether oxygens (including phenoxy) is 3. The first-order valence-corrected chi connectivity index (χ1v) is 7.29. The van der Waals surface area contributed by atoms with Crippen LogP contribution in [0.3, 0.4) is 0 Å². The monoisotopic (exact) mass is 328 g/mol. The lowest BCUT2D eigenvalue weighted by molar-refractivity contribution is -0.209. The van der Waals surface area contributed by atoms with Crippen LogP contribution in [0.1, 0.15) is 12.8 Å². The maximum atomic E-state index is 6.04. The fourth-order valence-electron chi connectivity index (χ4n) is 2.40.